The summed E-state index contributed by atoms with van der Waals surface area (Å²) in [4.78, 5) is 26.6. The summed E-state index contributed by atoms with van der Waals surface area (Å²) in [6.45, 7) is 0.968. The van der Waals surface area contributed by atoms with Crippen LogP contribution in [0, 0.1) is 17.1 Å². The summed E-state index contributed by atoms with van der Waals surface area (Å²) in [5.41, 5.74) is 1.83. The number of carbonyl (C=O) groups excluding carboxylic acids is 1. The maximum absolute atomic E-state index is 13.6. The molecule has 0 spiro atoms. The summed E-state index contributed by atoms with van der Waals surface area (Å²) in [6.07, 6.45) is 1.15. The van der Waals surface area contributed by atoms with Gasteiger partial charge in [0.25, 0.3) is 5.91 Å². The van der Waals surface area contributed by atoms with E-state index in [1.807, 2.05) is 6.07 Å². The lowest BCUT2D eigenvalue weighted by molar-refractivity contribution is 0.0694. The molecule has 2 heterocycles. The molecule has 0 unspecified atom stereocenters. The largest absolute Gasteiger partial charge is 0.420 e. The first-order valence-electron chi connectivity index (χ1n) is 8.67. The van der Waals surface area contributed by atoms with E-state index in [-0.39, 0.29) is 11.9 Å². The number of hydrogen-bond acceptors (Lipinski definition) is 4. The summed E-state index contributed by atoms with van der Waals surface area (Å²) < 4.78 is 20.3. The standard InChI is InChI=1S/C20H16FN3O3/c21-15-5-6-18-17(11-15)24(20(26)27-18)16-7-9-23(10-8-16)19(25)14-3-1-13(12-22)2-4-14/h1-6,11,16H,7-10H2. The molecule has 0 N–H and O–H groups in total. The molecule has 27 heavy (non-hydrogen) atoms. The Morgan fingerprint density at radius 3 is 2.52 bits per heavy atom. The van der Waals surface area contributed by atoms with Gasteiger partial charge in [-0.3, -0.25) is 9.36 Å². The van der Waals surface area contributed by atoms with Crippen molar-refractivity contribution in [3.8, 4) is 6.07 Å². The number of halogens is 1. The topological polar surface area (TPSA) is 79.2 Å². The lowest BCUT2D eigenvalue weighted by Gasteiger charge is -2.32. The molecule has 2 aromatic carbocycles. The van der Waals surface area contributed by atoms with E-state index < -0.39 is 11.6 Å². The fraction of sp³-hybridized carbons (Fsp3) is 0.250. The molecule has 1 aliphatic heterocycles. The second kappa shape index (κ2) is 6.72. The zero-order valence-corrected chi connectivity index (χ0v) is 14.4. The Kier molecular flexibility index (Phi) is 4.24. The third-order valence-electron chi connectivity index (χ3n) is 4.95. The average Bonchev–Trinajstić information content (AvgIpc) is 3.02. The van der Waals surface area contributed by atoms with Crippen LogP contribution in [0.25, 0.3) is 11.1 Å². The first-order chi connectivity index (χ1) is 13.1. The molecular formula is C20H16FN3O3. The van der Waals surface area contributed by atoms with Crippen LogP contribution in [0.15, 0.2) is 51.7 Å². The number of rotatable bonds is 2. The van der Waals surface area contributed by atoms with Crippen molar-refractivity contribution in [1.82, 2.24) is 9.47 Å². The van der Waals surface area contributed by atoms with Crippen LogP contribution in [0.1, 0.15) is 34.8 Å². The normalized spacial score (nSPS) is 15.0. The number of fused-ring (bicyclic) bond motifs is 1. The lowest BCUT2D eigenvalue weighted by Crippen LogP contribution is -2.40. The zero-order chi connectivity index (χ0) is 19.0. The van der Waals surface area contributed by atoms with Crippen LogP contribution >= 0.6 is 0 Å². The van der Waals surface area contributed by atoms with Crippen molar-refractivity contribution < 1.29 is 13.6 Å². The molecule has 0 aliphatic carbocycles. The minimum atomic E-state index is -0.507. The predicted octanol–water partition coefficient (Wildman–Crippen LogP) is 3.08. The molecule has 136 valence electrons. The fourth-order valence-corrected chi connectivity index (χ4v) is 3.55. The van der Waals surface area contributed by atoms with Gasteiger partial charge in [-0.1, -0.05) is 0 Å². The van der Waals surface area contributed by atoms with E-state index in [1.54, 1.807) is 29.2 Å². The van der Waals surface area contributed by atoms with E-state index in [2.05, 4.69) is 0 Å². The molecule has 0 bridgehead atoms. The highest BCUT2D eigenvalue weighted by Crippen LogP contribution is 2.27. The van der Waals surface area contributed by atoms with Gasteiger partial charge < -0.3 is 9.32 Å². The van der Waals surface area contributed by atoms with E-state index in [4.69, 9.17) is 9.68 Å². The minimum Gasteiger partial charge on any atom is -0.408 e. The Hall–Kier alpha value is -3.40. The predicted molar refractivity (Wildman–Crippen MR) is 95.8 cm³/mol. The fourth-order valence-electron chi connectivity index (χ4n) is 3.55. The van der Waals surface area contributed by atoms with Crippen molar-refractivity contribution in [2.75, 3.05) is 13.1 Å². The number of piperidine rings is 1. The molecule has 0 saturated carbocycles. The van der Waals surface area contributed by atoms with Crippen LogP contribution in [-0.4, -0.2) is 28.5 Å². The number of amides is 1. The van der Waals surface area contributed by atoms with E-state index in [0.717, 1.165) is 0 Å². The Bertz CT molecular complexity index is 1100. The van der Waals surface area contributed by atoms with Crippen molar-refractivity contribution in [1.29, 1.82) is 5.26 Å². The monoisotopic (exact) mass is 365 g/mol. The first-order valence-corrected chi connectivity index (χ1v) is 8.67. The second-order valence-electron chi connectivity index (χ2n) is 6.56. The van der Waals surface area contributed by atoms with Gasteiger partial charge in [-0.25, -0.2) is 9.18 Å². The Labute approximate surface area is 154 Å². The molecule has 1 aromatic heterocycles. The quantitative estimate of drug-likeness (QED) is 0.699. The number of carbonyl (C=O) groups is 1. The van der Waals surface area contributed by atoms with Gasteiger partial charge in [0.15, 0.2) is 5.58 Å². The zero-order valence-electron chi connectivity index (χ0n) is 14.4. The van der Waals surface area contributed by atoms with E-state index in [0.29, 0.717) is 48.2 Å². The van der Waals surface area contributed by atoms with Gasteiger partial charge in [0.1, 0.15) is 5.82 Å². The number of nitriles is 1. The van der Waals surface area contributed by atoms with Gasteiger partial charge in [0.05, 0.1) is 17.1 Å². The average molecular weight is 365 g/mol. The number of hydrogen-bond donors (Lipinski definition) is 0. The Morgan fingerprint density at radius 2 is 1.85 bits per heavy atom. The smallest absolute Gasteiger partial charge is 0.408 e. The van der Waals surface area contributed by atoms with Crippen LogP contribution in [0.5, 0.6) is 0 Å². The van der Waals surface area contributed by atoms with Crippen molar-refractivity contribution >= 4 is 17.0 Å². The van der Waals surface area contributed by atoms with Gasteiger partial charge in [-0.05, 0) is 49.2 Å². The van der Waals surface area contributed by atoms with Crippen molar-refractivity contribution in [3.63, 3.8) is 0 Å². The van der Waals surface area contributed by atoms with Gasteiger partial charge in [0.2, 0.25) is 0 Å². The van der Waals surface area contributed by atoms with Crippen molar-refractivity contribution in [3.05, 3.63) is 70.0 Å². The van der Waals surface area contributed by atoms with Gasteiger partial charge in [-0.15, -0.1) is 0 Å². The molecule has 1 saturated heterocycles. The summed E-state index contributed by atoms with van der Waals surface area (Å²) in [6, 6.07) is 12.4. The molecule has 1 amide bonds. The number of likely N-dealkylation sites (tertiary alicyclic amines) is 1. The highest BCUT2D eigenvalue weighted by Gasteiger charge is 2.27. The lowest BCUT2D eigenvalue weighted by atomic mass is 10.0. The van der Waals surface area contributed by atoms with E-state index in [1.165, 1.54) is 22.8 Å². The minimum absolute atomic E-state index is 0.103. The number of nitrogens with zero attached hydrogens (tertiary/aromatic N) is 3. The third-order valence-corrected chi connectivity index (χ3v) is 4.95. The van der Waals surface area contributed by atoms with Crippen LogP contribution in [-0.2, 0) is 0 Å². The van der Waals surface area contributed by atoms with Crippen LogP contribution in [0.4, 0.5) is 4.39 Å². The Balaban J connectivity index is 1.51. The second-order valence-corrected chi connectivity index (χ2v) is 6.56. The highest BCUT2D eigenvalue weighted by atomic mass is 19.1. The summed E-state index contributed by atoms with van der Waals surface area (Å²) in [7, 11) is 0. The van der Waals surface area contributed by atoms with E-state index >= 15 is 0 Å². The first kappa shape index (κ1) is 17.0. The molecule has 1 fully saturated rings. The maximum atomic E-state index is 13.6. The van der Waals surface area contributed by atoms with Gasteiger partial charge in [-0.2, -0.15) is 5.26 Å². The molecule has 0 atom stereocenters. The third kappa shape index (κ3) is 3.10. The summed E-state index contributed by atoms with van der Waals surface area (Å²) in [5, 5.41) is 8.85. The van der Waals surface area contributed by atoms with Gasteiger partial charge in [0, 0.05) is 30.8 Å². The highest BCUT2D eigenvalue weighted by molar-refractivity contribution is 5.94. The van der Waals surface area contributed by atoms with Crippen molar-refractivity contribution in [2.45, 2.75) is 18.9 Å². The molecule has 3 aromatic rings. The van der Waals surface area contributed by atoms with E-state index in [9.17, 15) is 14.0 Å². The summed E-state index contributed by atoms with van der Waals surface area (Å²) in [5.74, 6) is -1.04. The SMILES string of the molecule is N#Cc1ccc(C(=O)N2CCC(n3c(=O)oc4ccc(F)cc43)CC2)cc1. The molecule has 6 nitrogen and oxygen atoms in total. The number of benzene rings is 2. The number of aromatic nitrogens is 1. The van der Waals surface area contributed by atoms with Crippen LogP contribution < -0.4 is 5.76 Å². The van der Waals surface area contributed by atoms with Crippen LogP contribution in [0.3, 0.4) is 0 Å². The van der Waals surface area contributed by atoms with Crippen LogP contribution in [0.2, 0.25) is 0 Å². The molecule has 4 rings (SSSR count). The number of oxazole rings is 1. The summed E-state index contributed by atoms with van der Waals surface area (Å²) >= 11 is 0. The molecule has 7 heteroatoms. The molecular weight excluding hydrogens is 349 g/mol. The molecule has 1 aliphatic rings. The maximum Gasteiger partial charge on any atom is 0.420 e. The van der Waals surface area contributed by atoms with Gasteiger partial charge >= 0.3 is 5.76 Å². The molecule has 0 radical (unpaired) electrons. The Morgan fingerprint density at radius 1 is 1.15 bits per heavy atom. The van der Waals surface area contributed by atoms with Crippen molar-refractivity contribution in [2.24, 2.45) is 0 Å².